The number of nitrogens with zero attached hydrogens (tertiary/aromatic N) is 1. The van der Waals surface area contributed by atoms with Crippen LogP contribution in [0.1, 0.15) is 61.0 Å². The highest BCUT2D eigenvalue weighted by molar-refractivity contribution is 5.69. The van der Waals surface area contributed by atoms with Crippen LogP contribution in [0.2, 0.25) is 0 Å². The summed E-state index contributed by atoms with van der Waals surface area (Å²) >= 11 is 0. The van der Waals surface area contributed by atoms with Crippen molar-refractivity contribution in [1.29, 1.82) is 0 Å². The minimum absolute atomic E-state index is 0.247. The molecular formula is C28H27F6NO2. The molecule has 4 atom stereocenters. The van der Waals surface area contributed by atoms with E-state index >= 15 is 0 Å². The van der Waals surface area contributed by atoms with Gasteiger partial charge in [0.15, 0.2) is 0 Å². The van der Waals surface area contributed by atoms with Crippen LogP contribution in [-0.4, -0.2) is 22.5 Å². The van der Waals surface area contributed by atoms with Crippen LogP contribution in [0.5, 0.6) is 0 Å². The maximum absolute atomic E-state index is 13.2. The van der Waals surface area contributed by atoms with Crippen molar-refractivity contribution in [2.24, 2.45) is 11.8 Å². The molecule has 0 saturated carbocycles. The van der Waals surface area contributed by atoms with Crippen LogP contribution in [0.4, 0.5) is 26.3 Å². The summed E-state index contributed by atoms with van der Waals surface area (Å²) in [5, 5.41) is 9.54. The van der Waals surface area contributed by atoms with Gasteiger partial charge in [-0.1, -0.05) is 49.6 Å². The van der Waals surface area contributed by atoms with E-state index in [1.54, 1.807) is 13.8 Å². The summed E-state index contributed by atoms with van der Waals surface area (Å²) in [6.07, 6.45) is -8.20. The fraction of sp³-hybridized carbons (Fsp3) is 0.393. The number of carbonyl (C=O) groups is 1. The molecule has 2 aromatic rings. The maximum Gasteiger partial charge on any atom is 0.416 e. The summed E-state index contributed by atoms with van der Waals surface area (Å²) in [6, 6.07) is 8.12. The third-order valence-corrected chi connectivity index (χ3v) is 6.71. The first-order valence-corrected chi connectivity index (χ1v) is 11.7. The van der Waals surface area contributed by atoms with Gasteiger partial charge in [0.05, 0.1) is 23.1 Å². The van der Waals surface area contributed by atoms with Gasteiger partial charge in [-0.05, 0) is 66.6 Å². The summed E-state index contributed by atoms with van der Waals surface area (Å²) in [5.74, 6) is 4.06. The highest BCUT2D eigenvalue weighted by atomic mass is 19.4. The number of likely N-dealkylation sites (tertiary alicyclic amines) is 1. The molecule has 0 bridgehead atoms. The van der Waals surface area contributed by atoms with Crippen molar-refractivity contribution in [3.8, 4) is 11.8 Å². The Morgan fingerprint density at radius 2 is 1.51 bits per heavy atom. The summed E-state index contributed by atoms with van der Waals surface area (Å²) in [6.45, 7) is 7.40. The zero-order valence-electron chi connectivity index (χ0n) is 20.3. The SMILES string of the molecule is C=C(C)C#CC(c1ccc(C(F)(F)F)cc1)N1CCC(C(C)C(=O)O)CC1c1ccc(C(F)(F)F)cc1. The van der Waals surface area contributed by atoms with Gasteiger partial charge in [0, 0.05) is 12.6 Å². The molecule has 4 unspecified atom stereocenters. The van der Waals surface area contributed by atoms with Crippen molar-refractivity contribution < 1.29 is 36.2 Å². The molecule has 1 heterocycles. The van der Waals surface area contributed by atoms with Crippen LogP contribution in [0.15, 0.2) is 60.7 Å². The fourth-order valence-electron chi connectivity index (χ4n) is 4.60. The molecule has 3 nitrogen and oxygen atoms in total. The van der Waals surface area contributed by atoms with Gasteiger partial charge in [-0.2, -0.15) is 26.3 Å². The zero-order valence-corrected chi connectivity index (χ0v) is 20.3. The number of hydrogen-bond acceptors (Lipinski definition) is 2. The monoisotopic (exact) mass is 523 g/mol. The Kier molecular flexibility index (Phi) is 8.43. The van der Waals surface area contributed by atoms with E-state index in [0.717, 1.165) is 24.3 Å². The highest BCUT2D eigenvalue weighted by Crippen LogP contribution is 2.43. The molecule has 1 saturated heterocycles. The van der Waals surface area contributed by atoms with E-state index in [2.05, 4.69) is 18.4 Å². The lowest BCUT2D eigenvalue weighted by Crippen LogP contribution is -2.41. The molecule has 198 valence electrons. The number of hydrogen-bond donors (Lipinski definition) is 1. The first kappa shape index (κ1) is 28.3. The standard InChI is InChI=1S/C28H27F6NO2/c1-17(2)4-13-24(19-5-9-22(10-6-19)27(29,30)31)35-15-14-21(18(3)26(36)37)16-25(35)20-7-11-23(12-8-20)28(32,33)34/h5-12,18,21,24-25H,1,14-16H2,2-3H3,(H,36,37). The number of carboxylic acids is 1. The summed E-state index contributed by atoms with van der Waals surface area (Å²) in [4.78, 5) is 13.6. The highest BCUT2D eigenvalue weighted by Gasteiger charge is 2.39. The molecule has 1 aliphatic heterocycles. The van der Waals surface area contributed by atoms with E-state index in [-0.39, 0.29) is 5.92 Å². The normalized spacial score (nSPS) is 20.4. The van der Waals surface area contributed by atoms with Gasteiger partial charge in [-0.15, -0.1) is 0 Å². The first-order chi connectivity index (χ1) is 17.2. The van der Waals surface area contributed by atoms with Crippen LogP contribution in [0.25, 0.3) is 0 Å². The van der Waals surface area contributed by atoms with Crippen molar-refractivity contribution in [3.63, 3.8) is 0 Å². The van der Waals surface area contributed by atoms with Crippen molar-refractivity contribution >= 4 is 5.97 Å². The molecule has 1 aliphatic rings. The lowest BCUT2D eigenvalue weighted by atomic mass is 9.79. The second-order valence-corrected chi connectivity index (χ2v) is 9.36. The zero-order chi connectivity index (χ0) is 27.5. The number of rotatable bonds is 5. The Morgan fingerprint density at radius 1 is 1.00 bits per heavy atom. The van der Waals surface area contributed by atoms with Crippen LogP contribution >= 0.6 is 0 Å². The number of benzene rings is 2. The quantitative estimate of drug-likeness (QED) is 0.326. The van der Waals surface area contributed by atoms with Crippen molar-refractivity contribution in [2.45, 2.75) is 51.1 Å². The smallest absolute Gasteiger partial charge is 0.416 e. The average Bonchev–Trinajstić information content (AvgIpc) is 2.83. The molecule has 9 heteroatoms. The van der Waals surface area contributed by atoms with Gasteiger partial charge >= 0.3 is 18.3 Å². The van der Waals surface area contributed by atoms with Crippen molar-refractivity contribution in [2.75, 3.05) is 6.54 Å². The van der Waals surface area contributed by atoms with E-state index in [9.17, 15) is 36.2 Å². The van der Waals surface area contributed by atoms with Gasteiger partial charge in [0.25, 0.3) is 0 Å². The van der Waals surface area contributed by atoms with Crippen LogP contribution < -0.4 is 0 Å². The van der Waals surface area contributed by atoms with E-state index in [1.165, 1.54) is 24.3 Å². The Morgan fingerprint density at radius 3 is 1.97 bits per heavy atom. The van der Waals surface area contributed by atoms with E-state index in [0.29, 0.717) is 36.1 Å². The van der Waals surface area contributed by atoms with Crippen LogP contribution in [0, 0.1) is 23.7 Å². The molecule has 1 N–H and O–H groups in total. The molecule has 1 fully saturated rings. The van der Waals surface area contributed by atoms with Gasteiger partial charge in [0.1, 0.15) is 0 Å². The molecule has 3 rings (SSSR count). The number of alkyl halides is 6. The van der Waals surface area contributed by atoms with Gasteiger partial charge < -0.3 is 5.11 Å². The number of aliphatic carboxylic acids is 1. The van der Waals surface area contributed by atoms with Gasteiger partial charge in [0.2, 0.25) is 0 Å². The number of piperidine rings is 1. The molecule has 2 aromatic carbocycles. The third-order valence-electron chi connectivity index (χ3n) is 6.71. The average molecular weight is 524 g/mol. The third kappa shape index (κ3) is 6.95. The minimum atomic E-state index is -4.51. The molecule has 0 aliphatic carbocycles. The summed E-state index contributed by atoms with van der Waals surface area (Å²) in [7, 11) is 0. The number of halogens is 6. The molecule has 0 aromatic heterocycles. The summed E-state index contributed by atoms with van der Waals surface area (Å²) < 4.78 is 78.9. The Bertz CT molecular complexity index is 1170. The minimum Gasteiger partial charge on any atom is -0.481 e. The van der Waals surface area contributed by atoms with Crippen molar-refractivity contribution in [3.05, 3.63) is 82.9 Å². The lowest BCUT2D eigenvalue weighted by molar-refractivity contribution is -0.144. The Labute approximate surface area is 211 Å². The molecule has 0 radical (unpaired) electrons. The van der Waals surface area contributed by atoms with Crippen molar-refractivity contribution in [1.82, 2.24) is 4.90 Å². The lowest BCUT2D eigenvalue weighted by Gasteiger charge is -2.43. The second-order valence-electron chi connectivity index (χ2n) is 9.36. The molecular weight excluding hydrogens is 496 g/mol. The first-order valence-electron chi connectivity index (χ1n) is 11.7. The van der Waals surface area contributed by atoms with Gasteiger partial charge in [-0.3, -0.25) is 9.69 Å². The largest absolute Gasteiger partial charge is 0.481 e. The molecule has 0 spiro atoms. The maximum atomic E-state index is 13.2. The Hall–Kier alpha value is -3.25. The summed E-state index contributed by atoms with van der Waals surface area (Å²) in [5.41, 5.74) is -0.0448. The number of carboxylic acid groups (broad SMARTS) is 1. The van der Waals surface area contributed by atoms with E-state index < -0.39 is 47.5 Å². The van der Waals surface area contributed by atoms with Gasteiger partial charge in [-0.25, -0.2) is 0 Å². The molecule has 0 amide bonds. The molecule has 37 heavy (non-hydrogen) atoms. The van der Waals surface area contributed by atoms with Crippen LogP contribution in [0.3, 0.4) is 0 Å². The van der Waals surface area contributed by atoms with Crippen LogP contribution in [-0.2, 0) is 17.1 Å². The number of allylic oxidation sites excluding steroid dienone is 1. The fourth-order valence-corrected chi connectivity index (χ4v) is 4.60. The van der Waals surface area contributed by atoms with E-state index in [4.69, 9.17) is 0 Å². The predicted molar refractivity (Wildman–Crippen MR) is 127 cm³/mol. The predicted octanol–water partition coefficient (Wildman–Crippen LogP) is 7.52. The second kappa shape index (κ2) is 11.0. The van der Waals surface area contributed by atoms with E-state index in [1.807, 2.05) is 4.90 Å². The Balaban J connectivity index is 2.07. The topological polar surface area (TPSA) is 40.5 Å².